The molecular weight excluding hydrogens is 372 g/mol. The van der Waals surface area contributed by atoms with E-state index in [-0.39, 0.29) is 12.4 Å². The van der Waals surface area contributed by atoms with Gasteiger partial charge in [-0.1, -0.05) is 17.8 Å². The zero-order valence-corrected chi connectivity index (χ0v) is 16.1. The maximum absolute atomic E-state index is 11.9. The number of thioether (sulfide) groups is 1. The van der Waals surface area contributed by atoms with E-state index in [1.807, 2.05) is 29.3 Å². The lowest BCUT2D eigenvalue weighted by Gasteiger charge is -2.22. The Bertz CT molecular complexity index is 953. The standard InChI is InChI=1S/C17H20N6OS.ClH/c1-25-17-20-8-11-4-5-12-14(16(18)24)22-23(15(12)13(11)21-17)9-10-3-2-6-19-7-10;/h4-5,8,10,19H,2-3,6-7,9H2,1H3,(H2,18,24);1H. The third-order valence-electron chi connectivity index (χ3n) is 4.68. The summed E-state index contributed by atoms with van der Waals surface area (Å²) in [5.74, 6) is -0.0290. The van der Waals surface area contributed by atoms with Crippen molar-refractivity contribution >= 4 is 51.9 Å². The molecule has 0 bridgehead atoms. The lowest BCUT2D eigenvalue weighted by molar-refractivity contribution is 0.0996. The number of piperidine rings is 1. The second-order valence-corrected chi connectivity index (χ2v) is 7.14. The van der Waals surface area contributed by atoms with Crippen molar-refractivity contribution in [2.45, 2.75) is 24.5 Å². The van der Waals surface area contributed by atoms with E-state index in [1.54, 1.807) is 0 Å². The van der Waals surface area contributed by atoms with Gasteiger partial charge in [-0.05, 0) is 44.2 Å². The molecule has 0 saturated carbocycles. The van der Waals surface area contributed by atoms with Crippen molar-refractivity contribution in [3.8, 4) is 0 Å². The van der Waals surface area contributed by atoms with Crippen LogP contribution >= 0.6 is 24.2 Å². The van der Waals surface area contributed by atoms with Crippen LogP contribution in [0.4, 0.5) is 0 Å². The fourth-order valence-corrected chi connectivity index (χ4v) is 3.82. The summed E-state index contributed by atoms with van der Waals surface area (Å²) >= 11 is 1.49. The highest BCUT2D eigenvalue weighted by Gasteiger charge is 2.21. The molecule has 1 unspecified atom stereocenters. The number of hydrogen-bond acceptors (Lipinski definition) is 6. The third-order valence-corrected chi connectivity index (χ3v) is 5.25. The van der Waals surface area contributed by atoms with Crippen LogP contribution in [0.2, 0.25) is 0 Å². The number of carbonyl (C=O) groups is 1. The van der Waals surface area contributed by atoms with Gasteiger partial charge in [-0.3, -0.25) is 9.48 Å². The van der Waals surface area contributed by atoms with Crippen LogP contribution in [-0.4, -0.2) is 45.0 Å². The maximum atomic E-state index is 11.9. The Morgan fingerprint density at radius 1 is 1.46 bits per heavy atom. The second-order valence-electron chi connectivity index (χ2n) is 6.36. The van der Waals surface area contributed by atoms with Crippen molar-refractivity contribution in [1.29, 1.82) is 0 Å². The number of carbonyl (C=O) groups excluding carboxylic acids is 1. The fraction of sp³-hybridized carbons (Fsp3) is 0.412. The lowest BCUT2D eigenvalue weighted by atomic mass is 10.00. The number of nitrogens with zero attached hydrogens (tertiary/aromatic N) is 4. The molecule has 3 heterocycles. The van der Waals surface area contributed by atoms with Gasteiger partial charge in [0.15, 0.2) is 10.9 Å². The molecule has 138 valence electrons. The van der Waals surface area contributed by atoms with E-state index in [4.69, 9.17) is 5.73 Å². The fourth-order valence-electron chi connectivity index (χ4n) is 3.48. The first-order chi connectivity index (χ1) is 12.2. The topological polar surface area (TPSA) is 98.7 Å². The van der Waals surface area contributed by atoms with Gasteiger partial charge in [-0.25, -0.2) is 9.97 Å². The Balaban J connectivity index is 0.00000196. The molecular formula is C17H21ClN6OS. The van der Waals surface area contributed by atoms with Crippen LogP contribution in [-0.2, 0) is 6.54 Å². The van der Waals surface area contributed by atoms with Gasteiger partial charge in [0.2, 0.25) is 0 Å². The van der Waals surface area contributed by atoms with Gasteiger partial charge in [0.25, 0.3) is 5.91 Å². The highest BCUT2D eigenvalue weighted by Crippen LogP contribution is 2.28. The molecule has 1 atom stereocenters. The van der Waals surface area contributed by atoms with Gasteiger partial charge in [0, 0.05) is 23.5 Å². The second kappa shape index (κ2) is 7.77. The number of nitrogens with one attached hydrogen (secondary N) is 1. The number of rotatable bonds is 4. The zero-order chi connectivity index (χ0) is 17.4. The molecule has 0 spiro atoms. The largest absolute Gasteiger partial charge is 0.364 e. The van der Waals surface area contributed by atoms with E-state index < -0.39 is 5.91 Å². The molecule has 0 aliphatic carbocycles. The molecule has 2 aromatic heterocycles. The van der Waals surface area contributed by atoms with Crippen LogP contribution in [0, 0.1) is 5.92 Å². The monoisotopic (exact) mass is 392 g/mol. The minimum Gasteiger partial charge on any atom is -0.364 e. The lowest BCUT2D eigenvalue weighted by Crippen LogP contribution is -2.32. The summed E-state index contributed by atoms with van der Waals surface area (Å²) in [7, 11) is 0. The Labute approximate surface area is 161 Å². The minimum atomic E-state index is -0.510. The van der Waals surface area contributed by atoms with Crippen LogP contribution in [0.5, 0.6) is 0 Å². The maximum Gasteiger partial charge on any atom is 0.269 e. The Morgan fingerprint density at radius 2 is 2.31 bits per heavy atom. The molecule has 1 amide bonds. The van der Waals surface area contributed by atoms with Gasteiger partial charge in [0.05, 0.1) is 5.52 Å². The molecule has 7 nitrogen and oxygen atoms in total. The van der Waals surface area contributed by atoms with Gasteiger partial charge >= 0.3 is 0 Å². The van der Waals surface area contributed by atoms with Gasteiger partial charge in [0.1, 0.15) is 5.52 Å². The molecule has 9 heteroatoms. The van der Waals surface area contributed by atoms with Crippen LogP contribution in [0.15, 0.2) is 23.5 Å². The molecule has 3 aromatic rings. The third kappa shape index (κ3) is 3.36. The Kier molecular flexibility index (Phi) is 5.64. The first-order valence-electron chi connectivity index (χ1n) is 8.38. The molecule has 1 aromatic carbocycles. The van der Waals surface area contributed by atoms with Crippen molar-refractivity contribution in [2.24, 2.45) is 11.7 Å². The molecule has 26 heavy (non-hydrogen) atoms. The number of hydrogen-bond donors (Lipinski definition) is 2. The number of amides is 1. The summed E-state index contributed by atoms with van der Waals surface area (Å²) < 4.78 is 1.91. The number of nitrogens with two attached hydrogens (primary N) is 1. The van der Waals surface area contributed by atoms with Crippen molar-refractivity contribution in [2.75, 3.05) is 19.3 Å². The van der Waals surface area contributed by atoms with Crippen LogP contribution in [0.1, 0.15) is 23.3 Å². The van der Waals surface area contributed by atoms with Gasteiger partial charge in [-0.2, -0.15) is 5.10 Å². The number of aromatic nitrogens is 4. The first kappa shape index (κ1) is 18.9. The predicted molar refractivity (Wildman–Crippen MR) is 106 cm³/mol. The van der Waals surface area contributed by atoms with E-state index in [0.717, 1.165) is 54.3 Å². The summed E-state index contributed by atoms with van der Waals surface area (Å²) in [5.41, 5.74) is 7.56. The zero-order valence-electron chi connectivity index (χ0n) is 14.4. The molecule has 4 rings (SSSR count). The van der Waals surface area contributed by atoms with E-state index in [1.165, 1.54) is 11.8 Å². The average molecular weight is 393 g/mol. The van der Waals surface area contributed by atoms with E-state index in [9.17, 15) is 4.79 Å². The molecule has 1 fully saturated rings. The molecule has 3 N–H and O–H groups in total. The molecule has 1 aliphatic rings. The smallest absolute Gasteiger partial charge is 0.269 e. The molecule has 0 radical (unpaired) electrons. The summed E-state index contributed by atoms with van der Waals surface area (Å²) in [6, 6.07) is 3.81. The number of fused-ring (bicyclic) bond motifs is 3. The van der Waals surface area contributed by atoms with Crippen LogP contribution < -0.4 is 11.1 Å². The van der Waals surface area contributed by atoms with Crippen LogP contribution in [0.3, 0.4) is 0 Å². The van der Waals surface area contributed by atoms with Crippen molar-refractivity contribution in [3.63, 3.8) is 0 Å². The summed E-state index contributed by atoms with van der Waals surface area (Å²) in [6.45, 7) is 2.77. The van der Waals surface area contributed by atoms with Gasteiger partial charge < -0.3 is 11.1 Å². The molecule has 1 saturated heterocycles. The van der Waals surface area contributed by atoms with Crippen molar-refractivity contribution in [3.05, 3.63) is 24.0 Å². The van der Waals surface area contributed by atoms with Crippen molar-refractivity contribution in [1.82, 2.24) is 25.1 Å². The van der Waals surface area contributed by atoms with E-state index in [0.29, 0.717) is 16.8 Å². The summed E-state index contributed by atoms with van der Waals surface area (Å²) in [6.07, 6.45) is 6.07. The van der Waals surface area contributed by atoms with E-state index >= 15 is 0 Å². The minimum absolute atomic E-state index is 0. The highest BCUT2D eigenvalue weighted by molar-refractivity contribution is 7.98. The SMILES string of the molecule is CSc1ncc2ccc3c(C(N)=O)nn(CC4CCCNC4)c3c2n1.Cl. The normalized spacial score (nSPS) is 17.3. The van der Waals surface area contributed by atoms with Crippen LogP contribution in [0.25, 0.3) is 21.8 Å². The Hall–Kier alpha value is -1.90. The first-order valence-corrected chi connectivity index (χ1v) is 9.60. The highest BCUT2D eigenvalue weighted by atomic mass is 35.5. The Morgan fingerprint density at radius 3 is 3.00 bits per heavy atom. The average Bonchev–Trinajstić information content (AvgIpc) is 3.01. The summed E-state index contributed by atoms with van der Waals surface area (Å²) in [4.78, 5) is 20.9. The number of halogens is 1. The molecule has 1 aliphatic heterocycles. The van der Waals surface area contributed by atoms with Gasteiger partial charge in [-0.15, -0.1) is 12.4 Å². The van der Waals surface area contributed by atoms with Crippen molar-refractivity contribution < 1.29 is 4.79 Å². The summed E-state index contributed by atoms with van der Waals surface area (Å²) in [5, 5.41) is 10.4. The quantitative estimate of drug-likeness (QED) is 0.521. The number of primary amides is 1. The predicted octanol–water partition coefficient (Wildman–Crippen LogP) is 2.22. The number of benzene rings is 1. The van der Waals surface area contributed by atoms with E-state index in [2.05, 4.69) is 20.4 Å².